The molecule has 76 valence electrons. The summed E-state index contributed by atoms with van der Waals surface area (Å²) >= 11 is 1.71. The molecule has 0 bridgehead atoms. The highest BCUT2D eigenvalue weighted by Crippen LogP contribution is 2.18. The molecule has 0 saturated heterocycles. The zero-order chi connectivity index (χ0) is 10.7. The van der Waals surface area contributed by atoms with Crippen molar-refractivity contribution in [2.75, 3.05) is 0 Å². The van der Waals surface area contributed by atoms with Crippen LogP contribution in [0.2, 0.25) is 0 Å². The lowest BCUT2D eigenvalue weighted by Gasteiger charge is -1.92. The maximum absolute atomic E-state index is 9.10. The molecule has 2 nitrogen and oxygen atoms in total. The minimum absolute atomic E-state index is 0.265. The second-order valence-corrected chi connectivity index (χ2v) is 4.54. The fraction of sp³-hybridized carbons (Fsp3) is 0.0833. The van der Waals surface area contributed by atoms with Crippen LogP contribution in [0.1, 0.15) is 9.75 Å². The van der Waals surface area contributed by atoms with E-state index in [1.165, 1.54) is 4.88 Å². The van der Waals surface area contributed by atoms with E-state index in [1.54, 1.807) is 35.6 Å². The largest absolute Gasteiger partial charge is 0.508 e. The Hall–Kier alpha value is -1.61. The summed E-state index contributed by atoms with van der Waals surface area (Å²) in [6.45, 7) is 2.07. The van der Waals surface area contributed by atoms with Crippen molar-refractivity contribution in [3.63, 3.8) is 0 Å². The first-order valence-electron chi connectivity index (χ1n) is 4.63. The van der Waals surface area contributed by atoms with Gasteiger partial charge in [0.25, 0.3) is 0 Å². The Kier molecular flexibility index (Phi) is 2.83. The van der Waals surface area contributed by atoms with E-state index < -0.39 is 0 Å². The van der Waals surface area contributed by atoms with Gasteiger partial charge >= 0.3 is 0 Å². The summed E-state index contributed by atoms with van der Waals surface area (Å²) in [5.74, 6) is 0.265. The fourth-order valence-corrected chi connectivity index (χ4v) is 1.95. The Balaban J connectivity index is 2.14. The van der Waals surface area contributed by atoms with E-state index in [1.807, 2.05) is 12.3 Å². The SMILES string of the molecule is Cc1ccc(C=Nc2ccc(O)cc2)s1. The van der Waals surface area contributed by atoms with E-state index in [4.69, 9.17) is 5.11 Å². The predicted molar refractivity (Wildman–Crippen MR) is 64.4 cm³/mol. The van der Waals surface area contributed by atoms with Crippen molar-refractivity contribution in [3.05, 3.63) is 46.2 Å². The van der Waals surface area contributed by atoms with Crippen LogP contribution >= 0.6 is 11.3 Å². The summed E-state index contributed by atoms with van der Waals surface area (Å²) in [6, 6.07) is 10.9. The molecule has 1 aromatic carbocycles. The molecular formula is C12H11NOS. The Bertz CT molecular complexity index is 471. The zero-order valence-electron chi connectivity index (χ0n) is 8.34. The summed E-state index contributed by atoms with van der Waals surface area (Å²) in [7, 11) is 0. The molecular weight excluding hydrogens is 206 g/mol. The predicted octanol–water partition coefficient (Wildman–Crippen LogP) is 3.51. The molecule has 0 aliphatic rings. The van der Waals surface area contributed by atoms with Crippen LogP contribution in [0.25, 0.3) is 0 Å². The summed E-state index contributed by atoms with van der Waals surface area (Å²) in [4.78, 5) is 6.72. The molecule has 1 heterocycles. The van der Waals surface area contributed by atoms with Crippen molar-refractivity contribution in [1.29, 1.82) is 0 Å². The molecule has 0 spiro atoms. The number of thiophene rings is 1. The van der Waals surface area contributed by atoms with Gasteiger partial charge in [-0.05, 0) is 43.3 Å². The van der Waals surface area contributed by atoms with Crippen LogP contribution in [-0.4, -0.2) is 11.3 Å². The van der Waals surface area contributed by atoms with E-state index in [-0.39, 0.29) is 5.75 Å². The first kappa shape index (κ1) is 9.93. The normalized spacial score (nSPS) is 11.0. The molecule has 15 heavy (non-hydrogen) atoms. The minimum atomic E-state index is 0.265. The number of hydrogen-bond donors (Lipinski definition) is 1. The van der Waals surface area contributed by atoms with Crippen LogP contribution < -0.4 is 0 Å². The van der Waals surface area contributed by atoms with Crippen LogP contribution in [-0.2, 0) is 0 Å². The third kappa shape index (κ3) is 2.67. The number of nitrogens with zero attached hydrogens (tertiary/aromatic N) is 1. The van der Waals surface area contributed by atoms with Crippen molar-refractivity contribution >= 4 is 23.2 Å². The lowest BCUT2D eigenvalue weighted by molar-refractivity contribution is 0.475. The van der Waals surface area contributed by atoms with Crippen LogP contribution in [0.15, 0.2) is 41.4 Å². The lowest BCUT2D eigenvalue weighted by Crippen LogP contribution is -1.71. The first-order valence-corrected chi connectivity index (χ1v) is 5.45. The molecule has 0 fully saturated rings. The quantitative estimate of drug-likeness (QED) is 0.767. The number of benzene rings is 1. The van der Waals surface area contributed by atoms with Gasteiger partial charge < -0.3 is 5.11 Å². The highest BCUT2D eigenvalue weighted by atomic mass is 32.1. The smallest absolute Gasteiger partial charge is 0.115 e. The van der Waals surface area contributed by atoms with E-state index in [2.05, 4.69) is 18.0 Å². The number of rotatable bonds is 2. The maximum atomic E-state index is 9.10. The zero-order valence-corrected chi connectivity index (χ0v) is 9.16. The standard InChI is InChI=1S/C12H11NOS/c1-9-2-7-12(15-9)8-13-10-3-5-11(14)6-4-10/h2-8,14H,1H3. The number of aliphatic imine (C=N–C) groups is 1. The van der Waals surface area contributed by atoms with Crippen LogP contribution in [0, 0.1) is 6.92 Å². The molecule has 0 saturated carbocycles. The summed E-state index contributed by atoms with van der Waals surface area (Å²) in [5, 5.41) is 9.10. The molecule has 2 aromatic rings. The summed E-state index contributed by atoms with van der Waals surface area (Å²) < 4.78 is 0. The number of phenolic OH excluding ortho intramolecular Hbond substituents is 1. The van der Waals surface area contributed by atoms with Crippen molar-refractivity contribution in [3.8, 4) is 5.75 Å². The number of phenols is 1. The highest BCUT2D eigenvalue weighted by molar-refractivity contribution is 7.13. The molecule has 3 heteroatoms. The Morgan fingerprint density at radius 2 is 1.87 bits per heavy atom. The van der Waals surface area contributed by atoms with Gasteiger partial charge in [0.1, 0.15) is 5.75 Å². The van der Waals surface area contributed by atoms with Gasteiger partial charge in [-0.2, -0.15) is 0 Å². The molecule has 0 amide bonds. The number of hydrogen-bond acceptors (Lipinski definition) is 3. The highest BCUT2D eigenvalue weighted by Gasteiger charge is 1.92. The Labute approximate surface area is 92.5 Å². The van der Waals surface area contributed by atoms with Crippen molar-refractivity contribution in [1.82, 2.24) is 0 Å². The van der Waals surface area contributed by atoms with Gasteiger partial charge in [-0.15, -0.1) is 11.3 Å². The summed E-state index contributed by atoms with van der Waals surface area (Å²) in [5.41, 5.74) is 0.846. The van der Waals surface area contributed by atoms with Crippen molar-refractivity contribution < 1.29 is 5.11 Å². The number of aryl methyl sites for hydroxylation is 1. The van der Waals surface area contributed by atoms with Gasteiger partial charge in [-0.1, -0.05) is 0 Å². The molecule has 0 atom stereocenters. The molecule has 0 aliphatic carbocycles. The summed E-state index contributed by atoms with van der Waals surface area (Å²) in [6.07, 6.45) is 1.84. The lowest BCUT2D eigenvalue weighted by atomic mass is 10.3. The second-order valence-electron chi connectivity index (χ2n) is 3.22. The molecule has 0 radical (unpaired) electrons. The van der Waals surface area contributed by atoms with E-state index >= 15 is 0 Å². The maximum Gasteiger partial charge on any atom is 0.115 e. The van der Waals surface area contributed by atoms with E-state index in [0.29, 0.717) is 0 Å². The Morgan fingerprint density at radius 3 is 2.47 bits per heavy atom. The average Bonchev–Trinajstić information content (AvgIpc) is 2.64. The molecule has 1 aromatic heterocycles. The van der Waals surface area contributed by atoms with Crippen LogP contribution in [0.5, 0.6) is 5.75 Å². The fourth-order valence-electron chi connectivity index (χ4n) is 1.20. The third-order valence-corrected chi connectivity index (χ3v) is 2.89. The Morgan fingerprint density at radius 1 is 1.13 bits per heavy atom. The molecule has 0 unspecified atom stereocenters. The number of aromatic hydroxyl groups is 1. The average molecular weight is 217 g/mol. The topological polar surface area (TPSA) is 32.6 Å². The van der Waals surface area contributed by atoms with Gasteiger partial charge in [0.05, 0.1) is 5.69 Å². The van der Waals surface area contributed by atoms with Gasteiger partial charge in [-0.25, -0.2) is 0 Å². The van der Waals surface area contributed by atoms with Gasteiger partial charge in [0.15, 0.2) is 0 Å². The second kappa shape index (κ2) is 4.28. The molecule has 2 rings (SSSR count). The van der Waals surface area contributed by atoms with Gasteiger partial charge in [0, 0.05) is 16.0 Å². The van der Waals surface area contributed by atoms with Crippen molar-refractivity contribution in [2.24, 2.45) is 4.99 Å². The van der Waals surface area contributed by atoms with E-state index in [9.17, 15) is 0 Å². The van der Waals surface area contributed by atoms with Gasteiger partial charge in [0.2, 0.25) is 0 Å². The van der Waals surface area contributed by atoms with Gasteiger partial charge in [-0.3, -0.25) is 4.99 Å². The van der Waals surface area contributed by atoms with Crippen LogP contribution in [0.4, 0.5) is 5.69 Å². The first-order chi connectivity index (χ1) is 7.24. The molecule has 0 aliphatic heterocycles. The van der Waals surface area contributed by atoms with E-state index in [0.717, 1.165) is 10.6 Å². The minimum Gasteiger partial charge on any atom is -0.508 e. The third-order valence-electron chi connectivity index (χ3n) is 1.95. The van der Waals surface area contributed by atoms with Crippen molar-refractivity contribution in [2.45, 2.75) is 6.92 Å². The monoisotopic (exact) mass is 217 g/mol. The van der Waals surface area contributed by atoms with Crippen LogP contribution in [0.3, 0.4) is 0 Å². The molecule has 1 N–H and O–H groups in total.